The van der Waals surface area contributed by atoms with Gasteiger partial charge in [0.05, 0.1) is 0 Å². The molecule has 3 heteroatoms. The topological polar surface area (TPSA) is 12.9 Å². The van der Waals surface area contributed by atoms with Crippen molar-refractivity contribution in [2.75, 3.05) is 0 Å². The number of rotatable bonds is 1. The van der Waals surface area contributed by atoms with Gasteiger partial charge in [0.25, 0.3) is 0 Å². The number of hydrogen-bond donors (Lipinski definition) is 0. The minimum absolute atomic E-state index is 0.0810. The van der Waals surface area contributed by atoms with Crippen LogP contribution in [0.5, 0.6) is 0 Å². The van der Waals surface area contributed by atoms with Gasteiger partial charge in [0.15, 0.2) is 0 Å². The summed E-state index contributed by atoms with van der Waals surface area (Å²) in [6.07, 6.45) is 2.85. The summed E-state index contributed by atoms with van der Waals surface area (Å²) < 4.78 is 24.7. The molecule has 17 heavy (non-hydrogen) atoms. The molecule has 1 aromatic carbocycles. The second kappa shape index (κ2) is 6.74. The van der Waals surface area contributed by atoms with E-state index in [9.17, 15) is 8.78 Å². The van der Waals surface area contributed by atoms with E-state index < -0.39 is 11.6 Å². The van der Waals surface area contributed by atoms with Gasteiger partial charge in [-0.15, -0.1) is 0 Å². The monoisotopic (exact) mass is 235 g/mol. The van der Waals surface area contributed by atoms with E-state index in [1.165, 1.54) is 25.1 Å². The summed E-state index contributed by atoms with van der Waals surface area (Å²) in [6.45, 7) is 3.51. The molecule has 0 fully saturated rings. The number of hydrogen-bond acceptors (Lipinski definition) is 1. The first-order chi connectivity index (χ1) is 8.15. The lowest BCUT2D eigenvalue weighted by atomic mass is 10.2. The molecule has 2 aromatic rings. The first-order valence-electron chi connectivity index (χ1n) is 5.45. The zero-order chi connectivity index (χ0) is 12.7. The molecule has 0 radical (unpaired) electrons. The summed E-state index contributed by atoms with van der Waals surface area (Å²) in [7, 11) is 0. The van der Waals surface area contributed by atoms with Crippen LogP contribution in [-0.4, -0.2) is 4.98 Å². The third-order valence-electron chi connectivity index (χ3n) is 2.29. The predicted octanol–water partition coefficient (Wildman–Crippen LogP) is 3.92. The first-order valence-corrected chi connectivity index (χ1v) is 5.45. The maximum Gasteiger partial charge on any atom is 0.129 e. The minimum atomic E-state index is -0.491. The Morgan fingerprint density at radius 2 is 1.65 bits per heavy atom. The van der Waals surface area contributed by atoms with Crippen LogP contribution in [0, 0.1) is 18.6 Å². The zero-order valence-corrected chi connectivity index (χ0v) is 9.95. The second-order valence-corrected chi connectivity index (χ2v) is 3.52. The van der Waals surface area contributed by atoms with Gasteiger partial charge in [0.1, 0.15) is 11.6 Å². The van der Waals surface area contributed by atoms with Crippen LogP contribution in [0.1, 0.15) is 18.2 Å². The summed E-state index contributed by atoms with van der Waals surface area (Å²) >= 11 is 0. The fraction of sp³-hybridized carbons (Fsp3) is 0.214. The average Bonchev–Trinajstić information content (AvgIpc) is 2.37. The van der Waals surface area contributed by atoms with Crippen LogP contribution in [-0.2, 0) is 6.42 Å². The molecule has 90 valence electrons. The van der Waals surface area contributed by atoms with E-state index in [0.29, 0.717) is 0 Å². The van der Waals surface area contributed by atoms with Crippen molar-refractivity contribution < 1.29 is 8.78 Å². The van der Waals surface area contributed by atoms with Gasteiger partial charge in [-0.2, -0.15) is 0 Å². The Hall–Kier alpha value is -1.77. The molecule has 0 atom stereocenters. The molecule has 1 aromatic heterocycles. The SMILES string of the molecule is CCc1ccccn1.Cc1c(F)cccc1F. The molecule has 0 bridgehead atoms. The highest BCUT2D eigenvalue weighted by atomic mass is 19.1. The van der Waals surface area contributed by atoms with Crippen molar-refractivity contribution in [2.45, 2.75) is 20.3 Å². The van der Waals surface area contributed by atoms with E-state index in [1.54, 1.807) is 0 Å². The molecule has 0 aliphatic rings. The van der Waals surface area contributed by atoms with Crippen LogP contribution in [0.15, 0.2) is 42.6 Å². The smallest absolute Gasteiger partial charge is 0.129 e. The maximum atomic E-state index is 12.3. The highest BCUT2D eigenvalue weighted by Gasteiger charge is 1.99. The third kappa shape index (κ3) is 4.31. The van der Waals surface area contributed by atoms with Crippen molar-refractivity contribution in [3.63, 3.8) is 0 Å². The zero-order valence-electron chi connectivity index (χ0n) is 9.95. The summed E-state index contributed by atoms with van der Waals surface area (Å²) in [5.41, 5.74) is 1.24. The summed E-state index contributed by atoms with van der Waals surface area (Å²) in [5, 5.41) is 0. The van der Waals surface area contributed by atoms with Crippen LogP contribution in [0.4, 0.5) is 8.78 Å². The Bertz CT molecular complexity index is 435. The molecule has 1 nitrogen and oxygen atoms in total. The first kappa shape index (κ1) is 13.3. The lowest BCUT2D eigenvalue weighted by molar-refractivity contribution is 0.568. The van der Waals surface area contributed by atoms with Gasteiger partial charge in [-0.25, -0.2) is 8.78 Å². The lowest BCUT2D eigenvalue weighted by Gasteiger charge is -1.94. The van der Waals surface area contributed by atoms with Crippen LogP contribution in [0.2, 0.25) is 0 Å². The Labute approximate surface area is 100 Å². The van der Waals surface area contributed by atoms with Gasteiger partial charge in [-0.05, 0) is 37.6 Å². The number of nitrogens with zero attached hydrogens (tertiary/aromatic N) is 1. The Morgan fingerprint density at radius 3 is 2.00 bits per heavy atom. The summed E-state index contributed by atoms with van der Waals surface area (Å²) in [4.78, 5) is 4.10. The van der Waals surface area contributed by atoms with Gasteiger partial charge in [0, 0.05) is 17.5 Å². The van der Waals surface area contributed by atoms with E-state index >= 15 is 0 Å². The molecule has 0 saturated heterocycles. The molecule has 0 unspecified atom stereocenters. The van der Waals surface area contributed by atoms with E-state index in [4.69, 9.17) is 0 Å². The van der Waals surface area contributed by atoms with Crippen LogP contribution in [0.3, 0.4) is 0 Å². The normalized spacial score (nSPS) is 9.41. The molecule has 0 aliphatic heterocycles. The summed E-state index contributed by atoms with van der Waals surface area (Å²) in [6, 6.07) is 9.78. The molecule has 0 aliphatic carbocycles. The van der Waals surface area contributed by atoms with Gasteiger partial charge in [-0.1, -0.05) is 19.1 Å². The standard InChI is InChI=1S/C7H6F2.C7H9N/c1-5-6(8)3-2-4-7(5)9;1-2-7-5-3-4-6-8-7/h2-4H,1H3;3-6H,2H2,1H3. The van der Waals surface area contributed by atoms with Gasteiger partial charge in [-0.3, -0.25) is 4.98 Å². The van der Waals surface area contributed by atoms with Crippen LogP contribution >= 0.6 is 0 Å². The van der Waals surface area contributed by atoms with Crippen molar-refractivity contribution in [3.05, 3.63) is 65.5 Å². The lowest BCUT2D eigenvalue weighted by Crippen LogP contribution is -1.85. The average molecular weight is 235 g/mol. The molecule has 0 N–H and O–H groups in total. The molecule has 1 heterocycles. The van der Waals surface area contributed by atoms with Crippen molar-refractivity contribution in [1.82, 2.24) is 4.98 Å². The van der Waals surface area contributed by atoms with Crippen molar-refractivity contribution in [2.24, 2.45) is 0 Å². The van der Waals surface area contributed by atoms with Crippen LogP contribution < -0.4 is 0 Å². The predicted molar refractivity (Wildman–Crippen MR) is 64.7 cm³/mol. The highest BCUT2D eigenvalue weighted by molar-refractivity contribution is 5.17. The number of pyridine rings is 1. The number of aromatic nitrogens is 1. The maximum absolute atomic E-state index is 12.3. The van der Waals surface area contributed by atoms with E-state index in [0.717, 1.165) is 12.1 Å². The Balaban J connectivity index is 0.000000171. The quantitative estimate of drug-likeness (QED) is 0.730. The van der Waals surface area contributed by atoms with E-state index in [1.807, 2.05) is 24.4 Å². The van der Waals surface area contributed by atoms with Crippen molar-refractivity contribution in [3.8, 4) is 0 Å². The van der Waals surface area contributed by atoms with Gasteiger partial charge < -0.3 is 0 Å². The number of benzene rings is 1. The Morgan fingerprint density at radius 1 is 1.00 bits per heavy atom. The third-order valence-corrected chi connectivity index (χ3v) is 2.29. The number of halogens is 2. The molecular weight excluding hydrogens is 220 g/mol. The van der Waals surface area contributed by atoms with E-state index in [2.05, 4.69) is 11.9 Å². The molecule has 0 saturated carbocycles. The fourth-order valence-corrected chi connectivity index (χ4v) is 1.19. The summed E-state index contributed by atoms with van der Waals surface area (Å²) in [5.74, 6) is -0.981. The van der Waals surface area contributed by atoms with Crippen LogP contribution in [0.25, 0.3) is 0 Å². The largest absolute Gasteiger partial charge is 0.261 e. The van der Waals surface area contributed by atoms with Crippen molar-refractivity contribution >= 4 is 0 Å². The van der Waals surface area contributed by atoms with Gasteiger partial charge in [0.2, 0.25) is 0 Å². The highest BCUT2D eigenvalue weighted by Crippen LogP contribution is 2.08. The molecule has 2 rings (SSSR count). The minimum Gasteiger partial charge on any atom is -0.261 e. The second-order valence-electron chi connectivity index (χ2n) is 3.52. The fourth-order valence-electron chi connectivity index (χ4n) is 1.19. The van der Waals surface area contributed by atoms with E-state index in [-0.39, 0.29) is 5.56 Å². The Kier molecular flexibility index (Phi) is 5.27. The molecular formula is C14H15F2N. The molecule has 0 amide bonds. The number of aryl methyl sites for hydroxylation is 1. The molecule has 0 spiro atoms. The van der Waals surface area contributed by atoms with Gasteiger partial charge >= 0.3 is 0 Å². The van der Waals surface area contributed by atoms with Crippen molar-refractivity contribution in [1.29, 1.82) is 0 Å².